The Kier molecular flexibility index (Phi) is 6.72. The highest BCUT2D eigenvalue weighted by atomic mass is 16.2. The number of rotatable bonds is 6. The van der Waals surface area contributed by atoms with E-state index in [0.29, 0.717) is 6.54 Å². The second-order valence-electron chi connectivity index (χ2n) is 5.02. The Labute approximate surface area is 109 Å². The van der Waals surface area contributed by atoms with Crippen LogP contribution in [0.3, 0.4) is 0 Å². The van der Waals surface area contributed by atoms with Crippen molar-refractivity contribution >= 4 is 11.8 Å². The lowest BCUT2D eigenvalue weighted by molar-refractivity contribution is -0.897. The molecule has 0 saturated carbocycles. The zero-order valence-corrected chi connectivity index (χ0v) is 11.6. The number of unbranched alkanes of at least 4 members (excludes halogenated alkanes) is 1. The lowest BCUT2D eigenvalue weighted by atomic mass is 9.96. The first-order valence-electron chi connectivity index (χ1n) is 6.99. The molecule has 0 aromatic rings. The van der Waals surface area contributed by atoms with Crippen molar-refractivity contribution in [3.8, 4) is 0 Å². The number of carbonyl (C=O) groups excluding carboxylic acids is 2. The maximum absolute atomic E-state index is 11.9. The average molecular weight is 256 g/mol. The summed E-state index contributed by atoms with van der Waals surface area (Å²) in [5.41, 5.74) is 0. The SMILES string of the molecule is CCCCNC(=O)C1CC[NH+](CC(=O)NC)CC1. The molecule has 0 bridgehead atoms. The molecule has 1 rings (SSSR count). The van der Waals surface area contributed by atoms with Crippen LogP contribution >= 0.6 is 0 Å². The number of hydrogen-bond donors (Lipinski definition) is 3. The molecule has 0 atom stereocenters. The Balaban J connectivity index is 2.22. The molecule has 1 fully saturated rings. The van der Waals surface area contributed by atoms with Crippen LogP contribution in [-0.2, 0) is 9.59 Å². The minimum atomic E-state index is 0.0795. The van der Waals surface area contributed by atoms with Crippen molar-refractivity contribution in [1.82, 2.24) is 10.6 Å². The average Bonchev–Trinajstić information content (AvgIpc) is 2.39. The summed E-state index contributed by atoms with van der Waals surface area (Å²) in [7, 11) is 1.66. The van der Waals surface area contributed by atoms with E-state index in [-0.39, 0.29) is 17.7 Å². The Morgan fingerprint density at radius 3 is 2.50 bits per heavy atom. The third-order valence-electron chi connectivity index (χ3n) is 3.58. The molecule has 0 aromatic carbocycles. The quantitative estimate of drug-likeness (QED) is 0.531. The highest BCUT2D eigenvalue weighted by molar-refractivity contribution is 5.78. The third kappa shape index (κ3) is 5.04. The lowest BCUT2D eigenvalue weighted by Gasteiger charge is -2.28. The molecule has 0 radical (unpaired) electrons. The van der Waals surface area contributed by atoms with Crippen LogP contribution in [0.25, 0.3) is 0 Å². The molecule has 1 aliphatic rings. The molecule has 2 amide bonds. The first kappa shape index (κ1) is 15.0. The van der Waals surface area contributed by atoms with Gasteiger partial charge in [-0.1, -0.05) is 13.3 Å². The van der Waals surface area contributed by atoms with Gasteiger partial charge in [-0.05, 0) is 6.42 Å². The number of amides is 2. The van der Waals surface area contributed by atoms with E-state index < -0.39 is 0 Å². The molecular weight excluding hydrogens is 230 g/mol. The minimum Gasteiger partial charge on any atom is -0.356 e. The Morgan fingerprint density at radius 2 is 1.94 bits per heavy atom. The van der Waals surface area contributed by atoms with Crippen LogP contribution in [0.1, 0.15) is 32.6 Å². The van der Waals surface area contributed by atoms with E-state index in [4.69, 9.17) is 0 Å². The predicted molar refractivity (Wildman–Crippen MR) is 70.3 cm³/mol. The van der Waals surface area contributed by atoms with Crippen LogP contribution < -0.4 is 15.5 Å². The minimum absolute atomic E-state index is 0.0795. The number of carbonyl (C=O) groups is 2. The molecule has 0 unspecified atom stereocenters. The van der Waals surface area contributed by atoms with Crippen LogP contribution in [0.15, 0.2) is 0 Å². The van der Waals surface area contributed by atoms with Crippen LogP contribution in [0, 0.1) is 5.92 Å². The molecule has 1 aliphatic heterocycles. The largest absolute Gasteiger partial charge is 0.356 e. The zero-order chi connectivity index (χ0) is 13.4. The van der Waals surface area contributed by atoms with Gasteiger partial charge >= 0.3 is 0 Å². The van der Waals surface area contributed by atoms with Gasteiger partial charge < -0.3 is 15.5 Å². The predicted octanol–water partition coefficient (Wildman–Crippen LogP) is -1.06. The fourth-order valence-corrected chi connectivity index (χ4v) is 2.31. The summed E-state index contributed by atoms with van der Waals surface area (Å²) >= 11 is 0. The van der Waals surface area contributed by atoms with E-state index >= 15 is 0 Å². The van der Waals surface area contributed by atoms with E-state index in [0.717, 1.165) is 45.3 Å². The fourth-order valence-electron chi connectivity index (χ4n) is 2.31. The first-order valence-corrected chi connectivity index (χ1v) is 6.99. The summed E-state index contributed by atoms with van der Waals surface area (Å²) in [4.78, 5) is 24.4. The topological polar surface area (TPSA) is 62.6 Å². The molecule has 3 N–H and O–H groups in total. The number of quaternary nitrogens is 1. The summed E-state index contributed by atoms with van der Waals surface area (Å²) in [6.07, 6.45) is 3.94. The summed E-state index contributed by atoms with van der Waals surface area (Å²) in [6, 6.07) is 0. The third-order valence-corrected chi connectivity index (χ3v) is 3.58. The standard InChI is InChI=1S/C13H25N3O2/c1-3-4-7-15-13(18)11-5-8-16(9-6-11)10-12(17)14-2/h11H,3-10H2,1-2H3,(H,14,17)(H,15,18)/p+1. The molecule has 0 aromatic heterocycles. The number of likely N-dealkylation sites (N-methyl/N-ethyl adjacent to an activating group) is 1. The number of likely N-dealkylation sites (tertiary alicyclic amines) is 1. The van der Waals surface area contributed by atoms with Crippen molar-refractivity contribution in [2.45, 2.75) is 32.6 Å². The number of hydrogen-bond acceptors (Lipinski definition) is 2. The number of nitrogens with one attached hydrogen (secondary N) is 3. The molecule has 5 heteroatoms. The van der Waals surface area contributed by atoms with Crippen molar-refractivity contribution in [2.75, 3.05) is 33.2 Å². The molecule has 18 heavy (non-hydrogen) atoms. The van der Waals surface area contributed by atoms with E-state index in [2.05, 4.69) is 17.6 Å². The van der Waals surface area contributed by atoms with Gasteiger partial charge in [0, 0.05) is 32.4 Å². The van der Waals surface area contributed by atoms with Gasteiger partial charge in [0.25, 0.3) is 5.91 Å². The van der Waals surface area contributed by atoms with Crippen molar-refractivity contribution in [3.05, 3.63) is 0 Å². The van der Waals surface area contributed by atoms with Gasteiger partial charge in [-0.3, -0.25) is 9.59 Å². The highest BCUT2D eigenvalue weighted by Crippen LogP contribution is 2.09. The Morgan fingerprint density at radius 1 is 1.28 bits per heavy atom. The van der Waals surface area contributed by atoms with Crippen LogP contribution in [0.2, 0.25) is 0 Å². The summed E-state index contributed by atoms with van der Waals surface area (Å²) in [5, 5.41) is 5.63. The normalized spacial score (nSPS) is 23.4. The second-order valence-corrected chi connectivity index (χ2v) is 5.02. The summed E-state index contributed by atoms with van der Waals surface area (Å²) < 4.78 is 0. The van der Waals surface area contributed by atoms with Crippen molar-refractivity contribution < 1.29 is 14.5 Å². The van der Waals surface area contributed by atoms with Gasteiger partial charge in [0.1, 0.15) is 0 Å². The van der Waals surface area contributed by atoms with E-state index in [1.165, 1.54) is 4.90 Å². The van der Waals surface area contributed by atoms with Gasteiger partial charge in [-0.2, -0.15) is 0 Å². The molecule has 5 nitrogen and oxygen atoms in total. The maximum Gasteiger partial charge on any atom is 0.274 e. The van der Waals surface area contributed by atoms with Gasteiger partial charge in [-0.15, -0.1) is 0 Å². The summed E-state index contributed by atoms with van der Waals surface area (Å²) in [5.74, 6) is 0.425. The molecule has 104 valence electrons. The van der Waals surface area contributed by atoms with E-state index in [1.54, 1.807) is 7.05 Å². The molecule has 0 aliphatic carbocycles. The summed E-state index contributed by atoms with van der Waals surface area (Å²) in [6.45, 7) is 5.27. The maximum atomic E-state index is 11.9. The monoisotopic (exact) mass is 256 g/mol. The molecule has 1 heterocycles. The van der Waals surface area contributed by atoms with Crippen molar-refractivity contribution in [1.29, 1.82) is 0 Å². The zero-order valence-electron chi connectivity index (χ0n) is 11.6. The lowest BCUT2D eigenvalue weighted by Crippen LogP contribution is -3.14. The van der Waals surface area contributed by atoms with E-state index in [1.807, 2.05) is 0 Å². The highest BCUT2D eigenvalue weighted by Gasteiger charge is 2.27. The van der Waals surface area contributed by atoms with Gasteiger partial charge in [0.15, 0.2) is 6.54 Å². The Bertz CT molecular complexity index is 273. The van der Waals surface area contributed by atoms with Gasteiger partial charge in [0.2, 0.25) is 5.91 Å². The molecule has 1 saturated heterocycles. The van der Waals surface area contributed by atoms with Crippen LogP contribution in [0.5, 0.6) is 0 Å². The fraction of sp³-hybridized carbons (Fsp3) is 0.846. The van der Waals surface area contributed by atoms with Crippen molar-refractivity contribution in [3.63, 3.8) is 0 Å². The smallest absolute Gasteiger partial charge is 0.274 e. The second kappa shape index (κ2) is 8.08. The first-order chi connectivity index (χ1) is 8.67. The van der Waals surface area contributed by atoms with Gasteiger partial charge in [-0.25, -0.2) is 0 Å². The Hall–Kier alpha value is -1.10. The van der Waals surface area contributed by atoms with E-state index in [9.17, 15) is 9.59 Å². The van der Waals surface area contributed by atoms with Crippen molar-refractivity contribution in [2.24, 2.45) is 5.92 Å². The van der Waals surface area contributed by atoms with Gasteiger partial charge in [0.05, 0.1) is 13.1 Å². The number of piperidine rings is 1. The molecular formula is C13H26N3O2+. The van der Waals surface area contributed by atoms with Crippen LogP contribution in [-0.4, -0.2) is 45.0 Å². The molecule has 0 spiro atoms. The van der Waals surface area contributed by atoms with Crippen LogP contribution in [0.4, 0.5) is 0 Å².